The van der Waals surface area contributed by atoms with Gasteiger partial charge in [0.2, 0.25) is 0 Å². The van der Waals surface area contributed by atoms with Gasteiger partial charge in [-0.1, -0.05) is 18.1 Å². The minimum absolute atomic E-state index is 0.256. The molecule has 3 heteroatoms. The second-order valence-electron chi connectivity index (χ2n) is 4.81. The lowest BCUT2D eigenvalue weighted by atomic mass is 10.0. The van der Waals surface area contributed by atoms with Crippen LogP contribution in [-0.2, 0) is 13.5 Å². The van der Waals surface area contributed by atoms with Gasteiger partial charge in [0, 0.05) is 25.2 Å². The number of nitrogens with zero attached hydrogens (tertiary/aromatic N) is 2. The second kappa shape index (κ2) is 4.83. The van der Waals surface area contributed by atoms with Gasteiger partial charge < -0.3 is 5.73 Å². The van der Waals surface area contributed by atoms with E-state index in [0.717, 1.165) is 18.5 Å². The van der Waals surface area contributed by atoms with Crippen molar-refractivity contribution in [1.82, 2.24) is 9.78 Å². The van der Waals surface area contributed by atoms with Crippen molar-refractivity contribution in [2.24, 2.45) is 12.8 Å². The molecule has 0 aromatic carbocycles. The van der Waals surface area contributed by atoms with Crippen molar-refractivity contribution in [2.45, 2.75) is 45.1 Å². The van der Waals surface area contributed by atoms with E-state index in [4.69, 9.17) is 5.73 Å². The first-order valence-corrected chi connectivity index (χ1v) is 6.10. The van der Waals surface area contributed by atoms with Crippen LogP contribution in [0, 0.1) is 6.92 Å². The van der Waals surface area contributed by atoms with Crippen LogP contribution in [0.4, 0.5) is 0 Å². The van der Waals surface area contributed by atoms with Gasteiger partial charge in [-0.05, 0) is 32.3 Å². The molecule has 0 saturated carbocycles. The topological polar surface area (TPSA) is 43.8 Å². The van der Waals surface area contributed by atoms with Crippen LogP contribution in [-0.4, -0.2) is 15.8 Å². The van der Waals surface area contributed by atoms with Gasteiger partial charge in [-0.25, -0.2) is 0 Å². The number of nitrogens with two attached hydrogens (primary N) is 1. The zero-order valence-electron chi connectivity index (χ0n) is 10.2. The zero-order chi connectivity index (χ0) is 11.5. The van der Waals surface area contributed by atoms with Crippen LogP contribution >= 0.6 is 0 Å². The molecule has 1 heterocycles. The van der Waals surface area contributed by atoms with Gasteiger partial charge in [0.25, 0.3) is 0 Å². The molecule has 88 valence electrons. The van der Waals surface area contributed by atoms with Crippen molar-refractivity contribution in [3.8, 4) is 0 Å². The van der Waals surface area contributed by atoms with Gasteiger partial charge >= 0.3 is 0 Å². The van der Waals surface area contributed by atoms with Crippen molar-refractivity contribution >= 4 is 0 Å². The first-order valence-electron chi connectivity index (χ1n) is 6.10. The van der Waals surface area contributed by atoms with Gasteiger partial charge in [-0.15, -0.1) is 0 Å². The fraction of sp³-hybridized carbons (Fsp3) is 0.615. The Kier molecular flexibility index (Phi) is 3.44. The quantitative estimate of drug-likeness (QED) is 0.774. The Balaban J connectivity index is 2.11. The second-order valence-corrected chi connectivity index (χ2v) is 4.81. The highest BCUT2D eigenvalue weighted by molar-refractivity contribution is 5.19. The molecule has 1 aliphatic carbocycles. The summed E-state index contributed by atoms with van der Waals surface area (Å²) in [6, 6.07) is 2.42. The molecule has 1 atom stereocenters. The standard InChI is InChI=1S/C13H21N3/c1-10-7-13(16(2)15-10)9-11-5-3-4-6-12(14)8-11/h7-8,12H,3-6,9,14H2,1-2H3. The van der Waals surface area contributed by atoms with Crippen molar-refractivity contribution in [1.29, 1.82) is 0 Å². The van der Waals surface area contributed by atoms with Crippen molar-refractivity contribution in [3.05, 3.63) is 29.1 Å². The van der Waals surface area contributed by atoms with Crippen LogP contribution in [0.5, 0.6) is 0 Å². The van der Waals surface area contributed by atoms with E-state index >= 15 is 0 Å². The highest BCUT2D eigenvalue weighted by atomic mass is 15.3. The highest BCUT2D eigenvalue weighted by Crippen LogP contribution is 2.20. The molecule has 0 bridgehead atoms. The molecule has 1 aromatic heterocycles. The van der Waals surface area contributed by atoms with Crippen molar-refractivity contribution < 1.29 is 0 Å². The number of hydrogen-bond donors (Lipinski definition) is 1. The summed E-state index contributed by atoms with van der Waals surface area (Å²) in [5.41, 5.74) is 9.89. The summed E-state index contributed by atoms with van der Waals surface area (Å²) < 4.78 is 1.98. The average molecular weight is 219 g/mol. The summed E-state index contributed by atoms with van der Waals surface area (Å²) in [6.07, 6.45) is 8.12. The number of aryl methyl sites for hydroxylation is 2. The molecule has 1 aromatic rings. The van der Waals surface area contributed by atoms with Crippen LogP contribution in [0.3, 0.4) is 0 Å². The average Bonchev–Trinajstić information content (AvgIpc) is 2.42. The van der Waals surface area contributed by atoms with E-state index in [9.17, 15) is 0 Å². The molecule has 0 spiro atoms. The summed E-state index contributed by atoms with van der Waals surface area (Å²) in [6.45, 7) is 2.04. The lowest BCUT2D eigenvalue weighted by Gasteiger charge is -2.07. The minimum Gasteiger partial charge on any atom is -0.324 e. The predicted molar refractivity (Wildman–Crippen MR) is 66.2 cm³/mol. The van der Waals surface area contributed by atoms with Crippen LogP contribution in [0.25, 0.3) is 0 Å². The van der Waals surface area contributed by atoms with Crippen molar-refractivity contribution in [2.75, 3.05) is 0 Å². The Morgan fingerprint density at radius 1 is 1.50 bits per heavy atom. The summed E-state index contributed by atoms with van der Waals surface area (Å²) in [4.78, 5) is 0. The molecule has 2 rings (SSSR count). The third kappa shape index (κ3) is 2.73. The fourth-order valence-electron chi connectivity index (χ4n) is 2.41. The summed E-state index contributed by atoms with van der Waals surface area (Å²) in [7, 11) is 2.01. The van der Waals surface area contributed by atoms with Gasteiger partial charge in [0.05, 0.1) is 5.69 Å². The molecule has 16 heavy (non-hydrogen) atoms. The number of aromatic nitrogens is 2. The van der Waals surface area contributed by atoms with Crippen LogP contribution in [0.15, 0.2) is 17.7 Å². The Morgan fingerprint density at radius 2 is 2.31 bits per heavy atom. The van der Waals surface area contributed by atoms with Crippen LogP contribution in [0.1, 0.15) is 37.1 Å². The molecule has 0 radical (unpaired) electrons. The zero-order valence-corrected chi connectivity index (χ0v) is 10.2. The first-order chi connectivity index (χ1) is 7.65. The minimum atomic E-state index is 0.256. The molecule has 0 fully saturated rings. The van der Waals surface area contributed by atoms with Gasteiger partial charge in [0.1, 0.15) is 0 Å². The summed E-state index contributed by atoms with van der Waals surface area (Å²) in [5.74, 6) is 0. The maximum absolute atomic E-state index is 6.02. The van der Waals surface area contributed by atoms with Crippen LogP contribution in [0.2, 0.25) is 0 Å². The largest absolute Gasteiger partial charge is 0.324 e. The van der Waals surface area contributed by atoms with E-state index < -0.39 is 0 Å². The number of hydrogen-bond acceptors (Lipinski definition) is 2. The van der Waals surface area contributed by atoms with Gasteiger partial charge in [-0.3, -0.25) is 4.68 Å². The van der Waals surface area contributed by atoms with Crippen molar-refractivity contribution in [3.63, 3.8) is 0 Å². The maximum Gasteiger partial charge on any atom is 0.0596 e. The maximum atomic E-state index is 6.02. The van der Waals surface area contributed by atoms with E-state index in [0.29, 0.717) is 0 Å². The Bertz CT molecular complexity index is 390. The lowest BCUT2D eigenvalue weighted by molar-refractivity contribution is 0.652. The van der Waals surface area contributed by atoms with Crippen LogP contribution < -0.4 is 5.73 Å². The Labute approximate surface area is 97.3 Å². The summed E-state index contributed by atoms with van der Waals surface area (Å²) in [5, 5.41) is 4.38. The molecule has 2 N–H and O–H groups in total. The lowest BCUT2D eigenvalue weighted by Crippen LogP contribution is -2.16. The smallest absolute Gasteiger partial charge is 0.0596 e. The molecule has 1 aliphatic rings. The first kappa shape index (κ1) is 11.4. The monoisotopic (exact) mass is 219 g/mol. The van der Waals surface area contributed by atoms with E-state index in [-0.39, 0.29) is 6.04 Å². The Morgan fingerprint density at radius 3 is 3.00 bits per heavy atom. The molecular weight excluding hydrogens is 198 g/mol. The van der Waals surface area contributed by atoms with E-state index in [1.807, 2.05) is 18.7 Å². The molecule has 0 aliphatic heterocycles. The SMILES string of the molecule is Cc1cc(CC2=CC(N)CCCC2)n(C)n1. The van der Waals surface area contributed by atoms with E-state index in [2.05, 4.69) is 17.2 Å². The molecule has 0 saturated heterocycles. The highest BCUT2D eigenvalue weighted by Gasteiger charge is 2.11. The normalized spacial score (nSPS) is 21.7. The number of allylic oxidation sites excluding steroid dienone is 1. The van der Waals surface area contributed by atoms with E-state index in [1.165, 1.54) is 30.5 Å². The van der Waals surface area contributed by atoms with Gasteiger partial charge in [-0.2, -0.15) is 5.10 Å². The molecule has 3 nitrogen and oxygen atoms in total. The fourth-order valence-corrected chi connectivity index (χ4v) is 2.41. The number of rotatable bonds is 2. The molecule has 0 amide bonds. The third-order valence-corrected chi connectivity index (χ3v) is 3.24. The van der Waals surface area contributed by atoms with E-state index in [1.54, 1.807) is 0 Å². The third-order valence-electron chi connectivity index (χ3n) is 3.24. The van der Waals surface area contributed by atoms with Gasteiger partial charge in [0.15, 0.2) is 0 Å². The Hall–Kier alpha value is -1.09. The summed E-state index contributed by atoms with van der Waals surface area (Å²) >= 11 is 0. The molecule has 1 unspecified atom stereocenters. The predicted octanol–water partition coefficient (Wildman–Crippen LogP) is 2.10. The molecular formula is C13H21N3.